The number of anilines is 4. The van der Waals surface area contributed by atoms with Crippen molar-refractivity contribution in [1.82, 2.24) is 15.0 Å². The van der Waals surface area contributed by atoms with E-state index < -0.39 is 27.6 Å². The molecule has 0 atom stereocenters. The van der Waals surface area contributed by atoms with Gasteiger partial charge in [-0.1, -0.05) is 24.3 Å². The minimum Gasteiger partial charge on any atom is -0.365 e. The molecule has 3 aromatic rings. The number of rotatable bonds is 7. The molecule has 0 fully saturated rings. The van der Waals surface area contributed by atoms with Crippen LogP contribution in [0.4, 0.5) is 36.4 Å². The Balaban J connectivity index is 1.91. The fraction of sp³-hybridized carbons (Fsp3) is 0.211. The lowest BCUT2D eigenvalue weighted by molar-refractivity contribution is -0.137. The predicted molar refractivity (Wildman–Crippen MR) is 112 cm³/mol. The highest BCUT2D eigenvalue weighted by Gasteiger charge is 2.35. The van der Waals surface area contributed by atoms with Crippen molar-refractivity contribution in [2.24, 2.45) is 0 Å². The number of nitrogens with zero attached hydrogens (tertiary/aromatic N) is 4. The number of nitrogens with one attached hydrogen (secondary N) is 2. The zero-order chi connectivity index (χ0) is 22.6. The molecule has 0 aliphatic rings. The first kappa shape index (κ1) is 22.3. The molecule has 164 valence electrons. The molecule has 0 spiro atoms. The standard InChI is InChI=1S/C19H19F3N6O2S/c1-28(31(2,29)30)17-13(7-6-10-23-17)11-24-16-15(19(20,21)22)12-25-18(27-16)26-14-8-4-3-5-9-14/h3-10,12H,11H2,1-2H3,(H2,24,25,26,27). The van der Waals surface area contributed by atoms with Crippen LogP contribution < -0.4 is 14.9 Å². The van der Waals surface area contributed by atoms with E-state index in [4.69, 9.17) is 0 Å². The molecule has 0 bridgehead atoms. The van der Waals surface area contributed by atoms with Gasteiger partial charge in [0.1, 0.15) is 17.2 Å². The lowest BCUT2D eigenvalue weighted by Crippen LogP contribution is -2.27. The van der Waals surface area contributed by atoms with Crippen molar-refractivity contribution < 1.29 is 21.6 Å². The Morgan fingerprint density at radius 3 is 2.42 bits per heavy atom. The van der Waals surface area contributed by atoms with Gasteiger partial charge in [0.25, 0.3) is 0 Å². The molecule has 0 radical (unpaired) electrons. The number of benzene rings is 1. The molecule has 8 nitrogen and oxygen atoms in total. The molecule has 31 heavy (non-hydrogen) atoms. The largest absolute Gasteiger partial charge is 0.421 e. The molecule has 2 heterocycles. The number of hydrogen-bond acceptors (Lipinski definition) is 7. The third-order valence-electron chi connectivity index (χ3n) is 4.23. The molecule has 2 N–H and O–H groups in total. The number of sulfonamides is 1. The van der Waals surface area contributed by atoms with Crippen molar-refractivity contribution in [3.05, 3.63) is 66.0 Å². The number of pyridine rings is 1. The number of aromatic nitrogens is 3. The summed E-state index contributed by atoms with van der Waals surface area (Å²) in [6.45, 7) is -0.145. The lowest BCUT2D eigenvalue weighted by Gasteiger charge is -2.20. The highest BCUT2D eigenvalue weighted by molar-refractivity contribution is 7.92. The zero-order valence-corrected chi connectivity index (χ0v) is 17.4. The first-order chi connectivity index (χ1) is 14.6. The normalized spacial score (nSPS) is 11.8. The van der Waals surface area contributed by atoms with Crippen LogP contribution in [0.25, 0.3) is 0 Å². The maximum Gasteiger partial charge on any atom is 0.421 e. The van der Waals surface area contributed by atoms with E-state index in [2.05, 4.69) is 25.6 Å². The van der Waals surface area contributed by atoms with E-state index in [1.807, 2.05) is 0 Å². The fourth-order valence-electron chi connectivity index (χ4n) is 2.62. The summed E-state index contributed by atoms with van der Waals surface area (Å²) >= 11 is 0. The molecular formula is C19H19F3N6O2S. The molecule has 0 saturated heterocycles. The van der Waals surface area contributed by atoms with Crippen LogP contribution in [0, 0.1) is 0 Å². The number of alkyl halides is 3. The summed E-state index contributed by atoms with van der Waals surface area (Å²) in [5.41, 5.74) is -0.0646. The smallest absolute Gasteiger partial charge is 0.365 e. The Morgan fingerprint density at radius 1 is 1.06 bits per heavy atom. The van der Waals surface area contributed by atoms with Crippen molar-refractivity contribution in [3.63, 3.8) is 0 Å². The van der Waals surface area contributed by atoms with Gasteiger partial charge in [-0.05, 0) is 18.2 Å². The fourth-order valence-corrected chi connectivity index (χ4v) is 3.10. The second-order valence-electron chi connectivity index (χ2n) is 6.51. The van der Waals surface area contributed by atoms with E-state index in [9.17, 15) is 21.6 Å². The van der Waals surface area contributed by atoms with Crippen molar-refractivity contribution >= 4 is 33.3 Å². The van der Waals surface area contributed by atoms with E-state index >= 15 is 0 Å². The average Bonchev–Trinajstić information content (AvgIpc) is 2.71. The Morgan fingerprint density at radius 2 is 1.77 bits per heavy atom. The molecule has 1 aromatic carbocycles. The Bertz CT molecular complexity index is 1160. The number of para-hydroxylation sites is 1. The van der Waals surface area contributed by atoms with Crippen LogP contribution >= 0.6 is 0 Å². The Labute approximate surface area is 177 Å². The molecule has 3 rings (SSSR count). The van der Waals surface area contributed by atoms with Gasteiger partial charge in [-0.2, -0.15) is 18.2 Å². The van der Waals surface area contributed by atoms with Gasteiger partial charge in [0, 0.05) is 37.2 Å². The maximum atomic E-state index is 13.5. The van der Waals surface area contributed by atoms with Gasteiger partial charge >= 0.3 is 6.18 Å². The Hall–Kier alpha value is -3.41. The summed E-state index contributed by atoms with van der Waals surface area (Å²) in [5.74, 6) is -0.373. The van der Waals surface area contributed by atoms with Crippen LogP contribution in [0.5, 0.6) is 0 Å². The lowest BCUT2D eigenvalue weighted by atomic mass is 10.2. The topological polar surface area (TPSA) is 100 Å². The van der Waals surface area contributed by atoms with Gasteiger partial charge in [-0.3, -0.25) is 4.31 Å². The number of halogens is 3. The van der Waals surface area contributed by atoms with E-state index in [1.165, 1.54) is 13.2 Å². The molecule has 2 aromatic heterocycles. The second kappa shape index (κ2) is 8.76. The van der Waals surface area contributed by atoms with Gasteiger partial charge in [-0.15, -0.1) is 0 Å². The number of hydrogen-bond donors (Lipinski definition) is 2. The minimum atomic E-state index is -4.69. The SMILES string of the molecule is CN(c1ncccc1CNc1nc(Nc2ccccc2)ncc1C(F)(F)F)S(C)(=O)=O. The third kappa shape index (κ3) is 5.60. The summed E-state index contributed by atoms with van der Waals surface area (Å²) in [4.78, 5) is 11.8. The molecule has 0 unspecified atom stereocenters. The van der Waals surface area contributed by atoms with Gasteiger partial charge in [0.2, 0.25) is 16.0 Å². The predicted octanol–water partition coefficient (Wildman–Crippen LogP) is 3.64. The molecule has 0 amide bonds. The second-order valence-corrected chi connectivity index (χ2v) is 8.53. The van der Waals surface area contributed by atoms with Crippen LogP contribution in [0.3, 0.4) is 0 Å². The van der Waals surface area contributed by atoms with Crippen LogP contribution in [0.2, 0.25) is 0 Å². The molecule has 0 aliphatic carbocycles. The van der Waals surface area contributed by atoms with Gasteiger partial charge < -0.3 is 10.6 Å². The van der Waals surface area contributed by atoms with Gasteiger partial charge in [-0.25, -0.2) is 18.4 Å². The van der Waals surface area contributed by atoms with Crippen molar-refractivity contribution in [1.29, 1.82) is 0 Å². The first-order valence-corrected chi connectivity index (χ1v) is 10.8. The van der Waals surface area contributed by atoms with E-state index in [1.54, 1.807) is 42.5 Å². The van der Waals surface area contributed by atoms with Crippen LogP contribution in [0.1, 0.15) is 11.1 Å². The Kier molecular flexibility index (Phi) is 6.29. The summed E-state index contributed by atoms with van der Waals surface area (Å²) in [6.07, 6.45) is -1.59. The van der Waals surface area contributed by atoms with E-state index in [0.29, 0.717) is 17.4 Å². The van der Waals surface area contributed by atoms with Crippen molar-refractivity contribution in [2.45, 2.75) is 12.7 Å². The van der Waals surface area contributed by atoms with E-state index in [-0.39, 0.29) is 18.3 Å². The molecule has 12 heteroatoms. The molecule has 0 saturated carbocycles. The van der Waals surface area contributed by atoms with Crippen molar-refractivity contribution in [2.75, 3.05) is 28.2 Å². The monoisotopic (exact) mass is 452 g/mol. The van der Waals surface area contributed by atoms with Gasteiger partial charge in [0.05, 0.1) is 6.26 Å². The third-order valence-corrected chi connectivity index (χ3v) is 5.40. The highest BCUT2D eigenvalue weighted by Crippen LogP contribution is 2.34. The van der Waals surface area contributed by atoms with Crippen LogP contribution in [-0.2, 0) is 22.7 Å². The van der Waals surface area contributed by atoms with E-state index in [0.717, 1.165) is 10.6 Å². The summed E-state index contributed by atoms with van der Waals surface area (Å²) < 4.78 is 65.0. The highest BCUT2D eigenvalue weighted by atomic mass is 32.2. The summed E-state index contributed by atoms with van der Waals surface area (Å²) in [5, 5.41) is 5.48. The van der Waals surface area contributed by atoms with Crippen molar-refractivity contribution in [3.8, 4) is 0 Å². The average molecular weight is 452 g/mol. The first-order valence-electron chi connectivity index (χ1n) is 8.93. The van der Waals surface area contributed by atoms with Crippen LogP contribution in [0.15, 0.2) is 54.9 Å². The summed E-state index contributed by atoms with van der Waals surface area (Å²) in [7, 11) is -2.29. The molecular weight excluding hydrogens is 433 g/mol. The zero-order valence-electron chi connectivity index (χ0n) is 16.6. The van der Waals surface area contributed by atoms with Gasteiger partial charge in [0.15, 0.2) is 0 Å². The summed E-state index contributed by atoms with van der Waals surface area (Å²) in [6, 6.07) is 11.9. The quantitative estimate of drug-likeness (QED) is 0.565. The minimum absolute atomic E-state index is 0.0265. The molecule has 0 aliphatic heterocycles. The maximum absolute atomic E-state index is 13.5. The van der Waals surface area contributed by atoms with Crippen LogP contribution in [-0.4, -0.2) is 36.7 Å².